The van der Waals surface area contributed by atoms with Crippen LogP contribution in [0.2, 0.25) is 0 Å². The van der Waals surface area contributed by atoms with Crippen molar-refractivity contribution in [3.63, 3.8) is 0 Å². The number of hydrogen-bond acceptors (Lipinski definition) is 5. The molecule has 3 N–H and O–H groups in total. The van der Waals surface area contributed by atoms with Gasteiger partial charge in [-0.2, -0.15) is 11.8 Å². The molecule has 0 aromatic carbocycles. The van der Waals surface area contributed by atoms with Gasteiger partial charge in [0.1, 0.15) is 11.5 Å². The number of oxime groups is 1. The zero-order valence-corrected chi connectivity index (χ0v) is 11.8. The van der Waals surface area contributed by atoms with Gasteiger partial charge in [0, 0.05) is 13.1 Å². The van der Waals surface area contributed by atoms with Crippen molar-refractivity contribution in [3.05, 3.63) is 23.9 Å². The molecular weight excluding hydrogens is 248 g/mol. The van der Waals surface area contributed by atoms with Gasteiger partial charge in [-0.15, -0.1) is 0 Å². The summed E-state index contributed by atoms with van der Waals surface area (Å²) in [5.74, 6) is 1.97. The molecule has 1 heterocycles. The van der Waals surface area contributed by atoms with E-state index in [4.69, 9.17) is 10.9 Å². The van der Waals surface area contributed by atoms with Gasteiger partial charge in [0.2, 0.25) is 0 Å². The summed E-state index contributed by atoms with van der Waals surface area (Å²) in [6.07, 6.45) is 3.19. The maximum absolute atomic E-state index is 8.65. The van der Waals surface area contributed by atoms with E-state index in [0.29, 0.717) is 11.7 Å². The van der Waals surface area contributed by atoms with E-state index in [2.05, 4.69) is 28.2 Å². The summed E-state index contributed by atoms with van der Waals surface area (Å²) in [6, 6.07) is 5.89. The molecule has 100 valence electrons. The van der Waals surface area contributed by atoms with Gasteiger partial charge in [0.05, 0.1) is 0 Å². The Kier molecular flexibility index (Phi) is 5.77. The number of nitrogens with zero attached hydrogens (tertiary/aromatic N) is 3. The Morgan fingerprint density at radius 3 is 2.94 bits per heavy atom. The second-order valence-corrected chi connectivity index (χ2v) is 5.09. The van der Waals surface area contributed by atoms with Crippen LogP contribution in [-0.4, -0.2) is 41.1 Å². The third kappa shape index (κ3) is 3.80. The van der Waals surface area contributed by atoms with Crippen molar-refractivity contribution < 1.29 is 5.21 Å². The zero-order chi connectivity index (χ0) is 13.5. The average Bonchev–Trinajstić information content (AvgIpc) is 2.43. The van der Waals surface area contributed by atoms with E-state index in [-0.39, 0.29) is 5.84 Å². The molecule has 1 rings (SSSR count). The smallest absolute Gasteiger partial charge is 0.188 e. The molecule has 18 heavy (non-hydrogen) atoms. The third-order valence-electron chi connectivity index (χ3n) is 2.87. The van der Waals surface area contributed by atoms with Crippen LogP contribution in [0, 0.1) is 0 Å². The van der Waals surface area contributed by atoms with Gasteiger partial charge in [-0.1, -0.05) is 11.2 Å². The topological polar surface area (TPSA) is 74.7 Å². The van der Waals surface area contributed by atoms with Gasteiger partial charge in [0.15, 0.2) is 5.84 Å². The maximum Gasteiger partial charge on any atom is 0.188 e. The summed E-state index contributed by atoms with van der Waals surface area (Å²) in [7, 11) is 2.00. The second-order valence-electron chi connectivity index (χ2n) is 4.11. The lowest BCUT2D eigenvalue weighted by Gasteiger charge is -2.26. The van der Waals surface area contributed by atoms with Crippen molar-refractivity contribution in [2.75, 3.05) is 24.0 Å². The van der Waals surface area contributed by atoms with Crippen molar-refractivity contribution in [2.45, 2.75) is 19.4 Å². The summed E-state index contributed by atoms with van der Waals surface area (Å²) in [5.41, 5.74) is 6.02. The van der Waals surface area contributed by atoms with E-state index in [1.807, 2.05) is 30.9 Å². The summed E-state index contributed by atoms with van der Waals surface area (Å²) in [5, 5.41) is 11.6. The summed E-state index contributed by atoms with van der Waals surface area (Å²) < 4.78 is 0. The first-order valence-corrected chi connectivity index (χ1v) is 7.16. The number of nitrogens with two attached hydrogens (primary N) is 1. The van der Waals surface area contributed by atoms with Gasteiger partial charge in [-0.3, -0.25) is 0 Å². The van der Waals surface area contributed by atoms with Gasteiger partial charge in [-0.05, 0) is 37.5 Å². The predicted octanol–water partition coefficient (Wildman–Crippen LogP) is 1.75. The van der Waals surface area contributed by atoms with Crippen LogP contribution in [0.1, 0.15) is 19.0 Å². The van der Waals surface area contributed by atoms with E-state index in [9.17, 15) is 0 Å². The van der Waals surface area contributed by atoms with Gasteiger partial charge in [0.25, 0.3) is 0 Å². The molecule has 0 bridgehead atoms. The molecule has 1 aromatic heterocycles. The Morgan fingerprint density at radius 1 is 1.61 bits per heavy atom. The monoisotopic (exact) mass is 268 g/mol. The fourth-order valence-electron chi connectivity index (χ4n) is 1.52. The fourth-order valence-corrected chi connectivity index (χ4v) is 2.10. The molecule has 0 aliphatic carbocycles. The van der Waals surface area contributed by atoms with Gasteiger partial charge < -0.3 is 15.8 Å². The molecule has 0 saturated heterocycles. The summed E-state index contributed by atoms with van der Waals surface area (Å²) in [4.78, 5) is 6.48. The lowest BCUT2D eigenvalue weighted by atomic mass is 10.2. The molecule has 0 spiro atoms. The van der Waals surface area contributed by atoms with Crippen LogP contribution in [0.4, 0.5) is 5.82 Å². The van der Waals surface area contributed by atoms with E-state index < -0.39 is 0 Å². The van der Waals surface area contributed by atoms with E-state index in [1.165, 1.54) is 0 Å². The first-order valence-electron chi connectivity index (χ1n) is 5.77. The first kappa shape index (κ1) is 14.6. The normalized spacial score (nSPS) is 13.4. The van der Waals surface area contributed by atoms with Crippen LogP contribution in [0.3, 0.4) is 0 Å². The highest BCUT2D eigenvalue weighted by Crippen LogP contribution is 2.15. The number of hydrogen-bond donors (Lipinski definition) is 2. The predicted molar refractivity (Wildman–Crippen MR) is 77.6 cm³/mol. The average molecular weight is 268 g/mol. The molecule has 1 aromatic rings. The first-order chi connectivity index (χ1) is 8.60. The van der Waals surface area contributed by atoms with Crippen LogP contribution < -0.4 is 10.6 Å². The van der Waals surface area contributed by atoms with Crippen LogP contribution in [0.15, 0.2) is 23.4 Å². The summed E-state index contributed by atoms with van der Waals surface area (Å²) >= 11 is 1.83. The molecule has 0 fully saturated rings. The number of pyridine rings is 1. The fraction of sp³-hybridized carbons (Fsp3) is 0.500. The Morgan fingerprint density at radius 2 is 2.33 bits per heavy atom. The molecule has 6 heteroatoms. The van der Waals surface area contributed by atoms with Crippen molar-refractivity contribution in [3.8, 4) is 0 Å². The van der Waals surface area contributed by atoms with Gasteiger partial charge >= 0.3 is 0 Å². The number of amidine groups is 1. The zero-order valence-electron chi connectivity index (χ0n) is 11.0. The number of thioether (sulfide) groups is 1. The Bertz CT molecular complexity index is 411. The number of aromatic nitrogens is 1. The van der Waals surface area contributed by atoms with Crippen molar-refractivity contribution >= 4 is 23.4 Å². The minimum Gasteiger partial charge on any atom is -0.409 e. The molecule has 0 aliphatic rings. The van der Waals surface area contributed by atoms with Crippen molar-refractivity contribution in [1.82, 2.24) is 4.98 Å². The highest BCUT2D eigenvalue weighted by molar-refractivity contribution is 7.98. The maximum atomic E-state index is 8.65. The standard InChI is InChI=1S/C12H20N4OS/c1-9(7-8-18-3)16(2)11-6-4-5-10(14-11)12(13)15-17/h4-6,9,17H,7-8H2,1-3H3,(H2,13,15). The Labute approximate surface area is 112 Å². The highest BCUT2D eigenvalue weighted by Gasteiger charge is 2.12. The number of rotatable bonds is 6. The van der Waals surface area contributed by atoms with Crippen LogP contribution >= 0.6 is 11.8 Å². The molecule has 1 unspecified atom stereocenters. The lowest BCUT2D eigenvalue weighted by molar-refractivity contribution is 0.318. The van der Waals surface area contributed by atoms with E-state index in [1.54, 1.807) is 6.07 Å². The summed E-state index contributed by atoms with van der Waals surface area (Å²) in [6.45, 7) is 2.16. The minimum absolute atomic E-state index is 0.0296. The quantitative estimate of drug-likeness (QED) is 0.356. The Balaban J connectivity index is 2.82. The Hall–Kier alpha value is -1.43. The molecule has 1 atom stereocenters. The number of anilines is 1. The molecule has 0 amide bonds. The molecule has 0 radical (unpaired) electrons. The third-order valence-corrected chi connectivity index (χ3v) is 3.51. The second kappa shape index (κ2) is 7.10. The minimum atomic E-state index is 0.0296. The van der Waals surface area contributed by atoms with Crippen LogP contribution in [0.5, 0.6) is 0 Å². The molecular formula is C12H20N4OS. The van der Waals surface area contributed by atoms with E-state index in [0.717, 1.165) is 18.0 Å². The largest absolute Gasteiger partial charge is 0.409 e. The molecule has 0 aliphatic heterocycles. The lowest BCUT2D eigenvalue weighted by Crippen LogP contribution is -2.30. The van der Waals surface area contributed by atoms with E-state index >= 15 is 0 Å². The van der Waals surface area contributed by atoms with Crippen LogP contribution in [-0.2, 0) is 0 Å². The van der Waals surface area contributed by atoms with Crippen LogP contribution in [0.25, 0.3) is 0 Å². The molecule has 5 nitrogen and oxygen atoms in total. The van der Waals surface area contributed by atoms with Gasteiger partial charge in [-0.25, -0.2) is 4.98 Å². The SMILES string of the molecule is CSCCC(C)N(C)c1cccc(/C(N)=N/O)n1. The highest BCUT2D eigenvalue weighted by atomic mass is 32.2. The van der Waals surface area contributed by atoms with Crippen molar-refractivity contribution in [1.29, 1.82) is 0 Å². The van der Waals surface area contributed by atoms with Crippen molar-refractivity contribution in [2.24, 2.45) is 10.9 Å². The molecule has 0 saturated carbocycles.